The summed E-state index contributed by atoms with van der Waals surface area (Å²) in [5.74, 6) is 0. The summed E-state index contributed by atoms with van der Waals surface area (Å²) in [6.45, 7) is 22.3. The zero-order valence-corrected chi connectivity index (χ0v) is 39.9. The number of aryl methyl sites for hydroxylation is 1. The van der Waals surface area contributed by atoms with E-state index in [2.05, 4.69) is 170 Å². The van der Waals surface area contributed by atoms with Crippen LogP contribution in [0.25, 0.3) is 44.2 Å². The second-order valence-corrected chi connectivity index (χ2v) is 22.9. The zero-order valence-electron chi connectivity index (χ0n) is 39.9. The Kier molecular flexibility index (Phi) is 8.60. The number of anilines is 4. The molecule has 3 heterocycles. The van der Waals surface area contributed by atoms with Gasteiger partial charge < -0.3 is 14.6 Å². The molecule has 1 saturated carbocycles. The van der Waals surface area contributed by atoms with Crippen LogP contribution in [0.1, 0.15) is 153 Å². The number of benzene rings is 6. The molecular weight excluding hydrogens is 775 g/mol. The van der Waals surface area contributed by atoms with Crippen molar-refractivity contribution in [2.45, 2.75) is 154 Å². The van der Waals surface area contributed by atoms with Crippen molar-refractivity contribution in [3.05, 3.63) is 130 Å². The number of nitrogens with zero attached hydrogens (tertiary/aromatic N) is 1. The van der Waals surface area contributed by atoms with Gasteiger partial charge in [0.2, 0.25) is 0 Å². The number of unbranched alkanes of at least 4 members (excludes halogenated alkanes) is 2. The van der Waals surface area contributed by atoms with Crippen LogP contribution in [0.4, 0.5) is 22.7 Å². The average Bonchev–Trinajstić information content (AvgIpc) is 3.82. The van der Waals surface area contributed by atoms with E-state index in [1.807, 2.05) is 0 Å². The van der Waals surface area contributed by atoms with Gasteiger partial charge in [-0.25, -0.2) is 0 Å². The first-order chi connectivity index (χ1) is 30.6. The van der Waals surface area contributed by atoms with Crippen molar-refractivity contribution < 1.29 is 4.42 Å². The van der Waals surface area contributed by atoms with Crippen LogP contribution in [0, 0.1) is 0 Å². The van der Waals surface area contributed by atoms with Gasteiger partial charge in [-0.3, -0.25) is 0 Å². The summed E-state index contributed by atoms with van der Waals surface area (Å²) in [6.07, 6.45) is 12.3. The van der Waals surface area contributed by atoms with E-state index >= 15 is 0 Å². The third-order valence-corrected chi connectivity index (χ3v) is 17.8. The van der Waals surface area contributed by atoms with Crippen LogP contribution >= 0.6 is 0 Å². The predicted octanol–water partition coefficient (Wildman–Crippen LogP) is 14.8. The molecule has 7 aromatic rings. The van der Waals surface area contributed by atoms with Crippen molar-refractivity contribution in [2.75, 3.05) is 10.2 Å². The molecule has 2 unspecified atom stereocenters. The maximum Gasteiger partial charge on any atom is 0.198 e. The second kappa shape index (κ2) is 13.7. The van der Waals surface area contributed by atoms with Crippen molar-refractivity contribution in [2.24, 2.45) is 0 Å². The van der Waals surface area contributed by atoms with Gasteiger partial charge >= 0.3 is 0 Å². The van der Waals surface area contributed by atoms with E-state index < -0.39 is 0 Å². The molecule has 5 aliphatic rings. The first-order valence-electron chi connectivity index (χ1n) is 24.8. The highest BCUT2D eigenvalue weighted by molar-refractivity contribution is 6.73. The fourth-order valence-electron chi connectivity index (χ4n) is 13.9. The Bertz CT molecular complexity index is 3090. The van der Waals surface area contributed by atoms with Crippen molar-refractivity contribution in [3.63, 3.8) is 0 Å². The molecule has 1 fully saturated rings. The van der Waals surface area contributed by atoms with E-state index in [0.29, 0.717) is 0 Å². The van der Waals surface area contributed by atoms with Crippen LogP contribution < -0.4 is 21.1 Å². The quantitative estimate of drug-likeness (QED) is 0.128. The van der Waals surface area contributed by atoms with E-state index in [4.69, 9.17) is 4.42 Å². The van der Waals surface area contributed by atoms with Crippen LogP contribution in [0.15, 0.2) is 101 Å². The Labute approximate surface area is 382 Å². The van der Waals surface area contributed by atoms with Crippen molar-refractivity contribution in [1.82, 2.24) is 0 Å². The van der Waals surface area contributed by atoms with Gasteiger partial charge in [-0.1, -0.05) is 141 Å². The molecule has 2 aliphatic heterocycles. The summed E-state index contributed by atoms with van der Waals surface area (Å²) in [5, 5.41) is 6.40. The molecule has 1 aromatic heterocycles. The van der Waals surface area contributed by atoms with Gasteiger partial charge in [0.05, 0.1) is 11.2 Å². The molecule has 324 valence electrons. The Morgan fingerprint density at radius 2 is 1.31 bits per heavy atom. The summed E-state index contributed by atoms with van der Waals surface area (Å²) in [7, 11) is 0.919. The molecule has 3 aliphatic carbocycles. The lowest BCUT2D eigenvalue weighted by molar-refractivity contribution is 0.194. The molecule has 0 spiro atoms. The van der Waals surface area contributed by atoms with Crippen molar-refractivity contribution in [3.8, 4) is 22.3 Å². The van der Waals surface area contributed by atoms with Crippen LogP contribution in [0.3, 0.4) is 0 Å². The fourth-order valence-corrected chi connectivity index (χ4v) is 13.9. The van der Waals surface area contributed by atoms with E-state index in [1.165, 1.54) is 141 Å². The van der Waals surface area contributed by atoms with E-state index in [1.54, 1.807) is 5.56 Å². The summed E-state index contributed by atoms with van der Waals surface area (Å²) in [5.41, 5.74) is 24.5. The largest absolute Gasteiger partial charge is 0.456 e. The molecule has 0 saturated heterocycles. The molecule has 12 rings (SSSR count). The van der Waals surface area contributed by atoms with Gasteiger partial charge in [0.25, 0.3) is 0 Å². The third kappa shape index (κ3) is 5.47. The minimum absolute atomic E-state index is 0.0493. The maximum absolute atomic E-state index is 6.99. The first-order valence-corrected chi connectivity index (χ1v) is 24.8. The molecule has 1 N–H and O–H groups in total. The molecule has 2 atom stereocenters. The van der Waals surface area contributed by atoms with Gasteiger partial charge in [0.15, 0.2) is 7.28 Å². The second-order valence-electron chi connectivity index (χ2n) is 22.9. The standard InChI is InChI=1S/C60H65BN2O/c1-10-11-13-20-36-29-47-54-48(30-36)61-53-43(32-42-38-23-16-17-24-44(38)58(6,7)52(42)55(53)63(54)60(9)26-19-18-25-59(47,60)8)39-31-40-41-33-45-46(57(4,5)28-27-56(45,2)3)34-50(41)64-51(40)35-49(39)62-37-21-14-12-15-22-37/h12,14-17,21-24,29-35,61-62H,10-11,13,18-20,25-28H2,1-9H3. The number of para-hydroxylation sites is 1. The highest BCUT2D eigenvalue weighted by Crippen LogP contribution is 2.64. The van der Waals surface area contributed by atoms with E-state index in [0.717, 1.165) is 36.2 Å². The van der Waals surface area contributed by atoms with Crippen LogP contribution in [0.5, 0.6) is 0 Å². The van der Waals surface area contributed by atoms with Gasteiger partial charge in [-0.15, -0.1) is 0 Å². The van der Waals surface area contributed by atoms with Gasteiger partial charge in [0.1, 0.15) is 11.2 Å². The third-order valence-electron chi connectivity index (χ3n) is 17.8. The molecular formula is C60H65BN2O. The van der Waals surface area contributed by atoms with Gasteiger partial charge in [-0.2, -0.15) is 0 Å². The Balaban J connectivity index is 1.18. The number of furan rings is 1. The average molecular weight is 841 g/mol. The lowest BCUT2D eigenvalue weighted by Gasteiger charge is -2.52. The van der Waals surface area contributed by atoms with Crippen LogP contribution in [-0.2, 0) is 28.1 Å². The maximum atomic E-state index is 6.99. The Morgan fingerprint density at radius 3 is 2.09 bits per heavy atom. The summed E-state index contributed by atoms with van der Waals surface area (Å²) < 4.78 is 6.99. The fraction of sp³-hybridized carbons (Fsp3) is 0.400. The van der Waals surface area contributed by atoms with E-state index in [-0.39, 0.29) is 27.2 Å². The van der Waals surface area contributed by atoms with Crippen molar-refractivity contribution >= 4 is 62.9 Å². The number of fused-ring (bicyclic) bond motifs is 13. The van der Waals surface area contributed by atoms with Gasteiger partial charge in [0, 0.05) is 50.3 Å². The minimum atomic E-state index is -0.161. The Morgan fingerprint density at radius 1 is 0.609 bits per heavy atom. The lowest BCUT2D eigenvalue weighted by atomic mass is 9.56. The Hall–Kier alpha value is -5.22. The molecule has 3 nitrogen and oxygen atoms in total. The topological polar surface area (TPSA) is 28.4 Å². The van der Waals surface area contributed by atoms with E-state index in [9.17, 15) is 0 Å². The van der Waals surface area contributed by atoms with Crippen LogP contribution in [0.2, 0.25) is 0 Å². The number of hydrogen-bond acceptors (Lipinski definition) is 3. The van der Waals surface area contributed by atoms with Crippen molar-refractivity contribution in [1.29, 1.82) is 0 Å². The highest BCUT2D eigenvalue weighted by Gasteiger charge is 2.61. The van der Waals surface area contributed by atoms with Crippen LogP contribution in [-0.4, -0.2) is 12.8 Å². The first kappa shape index (κ1) is 40.3. The molecule has 0 bridgehead atoms. The monoisotopic (exact) mass is 841 g/mol. The number of nitrogens with one attached hydrogen (secondary N) is 1. The smallest absolute Gasteiger partial charge is 0.198 e. The number of hydrogen-bond donors (Lipinski definition) is 1. The number of rotatable bonds is 7. The highest BCUT2D eigenvalue weighted by atomic mass is 16.3. The predicted molar refractivity (Wildman–Crippen MR) is 274 cm³/mol. The summed E-state index contributed by atoms with van der Waals surface area (Å²) in [4.78, 5) is 2.97. The molecule has 4 heteroatoms. The lowest BCUT2D eigenvalue weighted by Crippen LogP contribution is -2.58. The summed E-state index contributed by atoms with van der Waals surface area (Å²) in [6, 6.07) is 37.7. The summed E-state index contributed by atoms with van der Waals surface area (Å²) >= 11 is 0. The molecule has 0 amide bonds. The molecule has 6 aromatic carbocycles. The van der Waals surface area contributed by atoms with Gasteiger partial charge in [-0.05, 0) is 148 Å². The minimum Gasteiger partial charge on any atom is -0.456 e. The normalized spacial score (nSPS) is 22.6. The molecule has 0 radical (unpaired) electrons. The SMILES string of the molecule is CCCCCc1cc2c3c(c1)C1(C)CCCCC1(C)N3c1c(c(-c3cc4c(cc3Nc3ccccc3)oc3cc5c(cc34)C(C)(C)CCC5(C)C)cc3c1C(C)(C)c1ccccc1-3)B2. The zero-order chi connectivity index (χ0) is 44.1. The molecule has 64 heavy (non-hydrogen) atoms.